The Morgan fingerprint density at radius 1 is 1.29 bits per heavy atom. The molecule has 0 aliphatic carbocycles. The molecule has 10 heteroatoms. The number of carbonyl (C=O) groups is 1. The first-order valence-corrected chi connectivity index (χ1v) is 10.7. The Labute approximate surface area is 188 Å². The topological polar surface area (TPSA) is 62.6 Å². The number of anilines is 1. The first kappa shape index (κ1) is 21.5. The van der Waals surface area contributed by atoms with Gasteiger partial charge in [0.25, 0.3) is 0 Å². The number of halogens is 3. The summed E-state index contributed by atoms with van der Waals surface area (Å²) >= 11 is 14.5. The molecule has 0 spiro atoms. The second-order valence-corrected chi connectivity index (χ2v) is 8.23. The van der Waals surface area contributed by atoms with Gasteiger partial charge in [-0.1, -0.05) is 23.2 Å². The lowest BCUT2D eigenvalue weighted by atomic mass is 10.2. The summed E-state index contributed by atoms with van der Waals surface area (Å²) in [5.74, 6) is 0.696. The van der Waals surface area contributed by atoms with Crippen LogP contribution in [0.15, 0.2) is 18.2 Å². The highest BCUT2D eigenvalue weighted by atomic mass is 127. The minimum absolute atomic E-state index is 0.0428. The molecule has 152 valence electrons. The van der Waals surface area contributed by atoms with Gasteiger partial charge in [-0.15, -0.1) is 0 Å². The van der Waals surface area contributed by atoms with Crippen LogP contribution in [0.1, 0.15) is 5.69 Å². The Bertz CT molecular complexity index is 853. The van der Waals surface area contributed by atoms with Gasteiger partial charge in [0, 0.05) is 44.5 Å². The number of benzene rings is 1. The van der Waals surface area contributed by atoms with Gasteiger partial charge in [-0.05, 0) is 41.8 Å². The van der Waals surface area contributed by atoms with Crippen LogP contribution in [0.5, 0.6) is 5.75 Å². The van der Waals surface area contributed by atoms with Crippen LogP contribution in [0.25, 0.3) is 0 Å². The SMILES string of the molecule is CNCc1c(Cl)c(I)nn1CC(=O)N1CCN(c2ccc(Cl)c(OC)c2)CC1. The van der Waals surface area contributed by atoms with Crippen molar-refractivity contribution in [1.29, 1.82) is 0 Å². The van der Waals surface area contributed by atoms with E-state index in [1.54, 1.807) is 11.8 Å². The molecular weight excluding hydrogens is 516 g/mol. The van der Waals surface area contributed by atoms with Crippen LogP contribution >= 0.6 is 45.8 Å². The van der Waals surface area contributed by atoms with Crippen molar-refractivity contribution in [3.05, 3.63) is 37.6 Å². The smallest absolute Gasteiger partial charge is 0.244 e. The first-order valence-electron chi connectivity index (χ1n) is 8.86. The Balaban J connectivity index is 1.62. The van der Waals surface area contributed by atoms with Gasteiger partial charge >= 0.3 is 0 Å². The molecule has 1 aliphatic rings. The zero-order valence-electron chi connectivity index (χ0n) is 15.7. The first-order chi connectivity index (χ1) is 13.4. The maximum atomic E-state index is 12.8. The molecule has 0 saturated carbocycles. The summed E-state index contributed by atoms with van der Waals surface area (Å²) in [5.41, 5.74) is 1.87. The van der Waals surface area contributed by atoms with Gasteiger partial charge in [-0.3, -0.25) is 9.48 Å². The normalized spacial score (nSPS) is 14.5. The van der Waals surface area contributed by atoms with Crippen molar-refractivity contribution in [3.8, 4) is 5.75 Å². The van der Waals surface area contributed by atoms with E-state index in [4.69, 9.17) is 27.9 Å². The third-order valence-electron chi connectivity index (χ3n) is 4.72. The Kier molecular flexibility index (Phi) is 7.30. The minimum atomic E-state index is 0.0428. The second-order valence-electron chi connectivity index (χ2n) is 6.43. The molecule has 1 fully saturated rings. The van der Waals surface area contributed by atoms with Gasteiger partial charge in [0.05, 0.1) is 22.8 Å². The molecular formula is C18H22Cl2IN5O2. The lowest BCUT2D eigenvalue weighted by Crippen LogP contribution is -2.49. The summed E-state index contributed by atoms with van der Waals surface area (Å²) in [4.78, 5) is 16.9. The number of piperazine rings is 1. The molecule has 1 N–H and O–H groups in total. The molecule has 0 bridgehead atoms. The number of nitrogens with zero attached hydrogens (tertiary/aromatic N) is 4. The number of methoxy groups -OCH3 is 1. The third-order valence-corrected chi connectivity index (χ3v) is 6.50. The summed E-state index contributed by atoms with van der Waals surface area (Å²) in [5, 5.41) is 8.66. The predicted octanol–water partition coefficient (Wildman–Crippen LogP) is 2.87. The molecule has 1 saturated heterocycles. The van der Waals surface area contributed by atoms with Crippen molar-refractivity contribution in [2.24, 2.45) is 0 Å². The van der Waals surface area contributed by atoms with Crippen LogP contribution in [0, 0.1) is 3.70 Å². The van der Waals surface area contributed by atoms with Gasteiger partial charge in [-0.2, -0.15) is 5.10 Å². The summed E-state index contributed by atoms with van der Waals surface area (Å²) in [6.45, 7) is 3.55. The molecule has 1 aromatic carbocycles. The van der Waals surface area contributed by atoms with Crippen LogP contribution in [-0.4, -0.2) is 60.9 Å². The number of aromatic nitrogens is 2. The van der Waals surface area contributed by atoms with Gasteiger partial charge in [-0.25, -0.2) is 0 Å². The summed E-state index contributed by atoms with van der Waals surface area (Å²) in [7, 11) is 3.44. The number of rotatable bonds is 6. The molecule has 2 aromatic rings. The monoisotopic (exact) mass is 537 g/mol. The third kappa shape index (κ3) is 4.67. The van der Waals surface area contributed by atoms with Crippen LogP contribution in [-0.2, 0) is 17.9 Å². The molecule has 1 aliphatic heterocycles. The van der Waals surface area contributed by atoms with Crippen molar-refractivity contribution in [2.75, 3.05) is 45.2 Å². The van der Waals surface area contributed by atoms with Gasteiger partial charge in [0.15, 0.2) is 0 Å². The number of carbonyl (C=O) groups excluding carboxylic acids is 1. The molecule has 0 radical (unpaired) electrons. The van der Waals surface area contributed by atoms with E-state index in [0.717, 1.165) is 24.5 Å². The fraction of sp³-hybridized carbons (Fsp3) is 0.444. The van der Waals surface area contributed by atoms with E-state index in [1.165, 1.54) is 0 Å². The van der Waals surface area contributed by atoms with Gasteiger partial charge in [0.1, 0.15) is 16.0 Å². The van der Waals surface area contributed by atoms with E-state index in [9.17, 15) is 4.79 Å². The van der Waals surface area contributed by atoms with Crippen LogP contribution < -0.4 is 15.0 Å². The number of hydrogen-bond acceptors (Lipinski definition) is 5. The van der Waals surface area contributed by atoms with Crippen molar-refractivity contribution in [2.45, 2.75) is 13.1 Å². The van der Waals surface area contributed by atoms with Crippen LogP contribution in [0.3, 0.4) is 0 Å². The fourth-order valence-corrected chi connectivity index (χ4v) is 4.17. The maximum absolute atomic E-state index is 12.8. The predicted molar refractivity (Wildman–Crippen MR) is 120 cm³/mol. The van der Waals surface area contributed by atoms with E-state index in [2.05, 4.69) is 37.9 Å². The number of hydrogen-bond donors (Lipinski definition) is 1. The fourth-order valence-electron chi connectivity index (χ4n) is 3.20. The van der Waals surface area contributed by atoms with Crippen LogP contribution in [0.4, 0.5) is 5.69 Å². The molecule has 1 aromatic heterocycles. The quantitative estimate of drug-likeness (QED) is 0.574. The van der Waals surface area contributed by atoms with Crippen molar-refractivity contribution in [3.63, 3.8) is 0 Å². The standard InChI is InChI=1S/C18H22Cl2IN5O2/c1-22-10-14-17(20)18(21)23-26(14)11-16(27)25-7-5-24(6-8-25)12-3-4-13(19)15(9-12)28-2/h3-4,9,22H,5-8,10-11H2,1-2H3. The summed E-state index contributed by atoms with van der Waals surface area (Å²) in [6, 6.07) is 5.73. The average Bonchev–Trinajstić information content (AvgIpc) is 2.96. The summed E-state index contributed by atoms with van der Waals surface area (Å²) in [6.07, 6.45) is 0. The summed E-state index contributed by atoms with van der Waals surface area (Å²) < 4.78 is 7.70. The minimum Gasteiger partial charge on any atom is -0.495 e. The average molecular weight is 538 g/mol. The Morgan fingerprint density at radius 3 is 2.64 bits per heavy atom. The van der Waals surface area contributed by atoms with Crippen molar-refractivity contribution >= 4 is 57.4 Å². The number of amides is 1. The molecule has 7 nitrogen and oxygen atoms in total. The zero-order valence-corrected chi connectivity index (χ0v) is 19.4. The molecule has 28 heavy (non-hydrogen) atoms. The van der Waals surface area contributed by atoms with Gasteiger partial charge < -0.3 is 19.9 Å². The van der Waals surface area contributed by atoms with Crippen molar-refractivity contribution < 1.29 is 9.53 Å². The Hall–Kier alpha value is -1.23. The molecule has 0 unspecified atom stereocenters. The maximum Gasteiger partial charge on any atom is 0.244 e. The zero-order chi connectivity index (χ0) is 20.3. The van der Waals surface area contributed by atoms with Gasteiger partial charge in [0.2, 0.25) is 5.91 Å². The number of nitrogens with one attached hydrogen (secondary N) is 1. The lowest BCUT2D eigenvalue weighted by molar-refractivity contribution is -0.132. The molecule has 3 rings (SSSR count). The Morgan fingerprint density at radius 2 is 2.00 bits per heavy atom. The van der Waals surface area contributed by atoms with E-state index in [-0.39, 0.29) is 12.5 Å². The van der Waals surface area contributed by atoms with E-state index < -0.39 is 0 Å². The highest BCUT2D eigenvalue weighted by molar-refractivity contribution is 14.1. The highest BCUT2D eigenvalue weighted by Gasteiger charge is 2.24. The van der Waals surface area contributed by atoms with E-state index >= 15 is 0 Å². The second kappa shape index (κ2) is 9.51. The van der Waals surface area contributed by atoms with Crippen molar-refractivity contribution in [1.82, 2.24) is 20.0 Å². The molecule has 0 atom stereocenters. The number of ether oxygens (including phenoxy) is 1. The highest BCUT2D eigenvalue weighted by Crippen LogP contribution is 2.30. The lowest BCUT2D eigenvalue weighted by Gasteiger charge is -2.36. The molecule has 1 amide bonds. The van der Waals surface area contributed by atoms with E-state index in [0.29, 0.717) is 39.1 Å². The largest absolute Gasteiger partial charge is 0.495 e. The van der Waals surface area contributed by atoms with Crippen LogP contribution in [0.2, 0.25) is 10.0 Å². The molecule has 2 heterocycles. The van der Waals surface area contributed by atoms with E-state index in [1.807, 2.05) is 30.1 Å².